The van der Waals surface area contributed by atoms with Crippen LogP contribution in [0.25, 0.3) is 21.3 Å². The van der Waals surface area contributed by atoms with Gasteiger partial charge >= 0.3 is 5.97 Å². The van der Waals surface area contributed by atoms with Crippen LogP contribution in [-0.4, -0.2) is 31.1 Å². The number of carbonyl (C=O) groups excluding carboxylic acids is 2. The van der Waals surface area contributed by atoms with E-state index in [4.69, 9.17) is 15.2 Å². The van der Waals surface area contributed by atoms with Crippen LogP contribution in [0.3, 0.4) is 0 Å². The Hall–Kier alpha value is -3.43. The van der Waals surface area contributed by atoms with Crippen molar-refractivity contribution in [3.63, 3.8) is 0 Å². The van der Waals surface area contributed by atoms with E-state index in [9.17, 15) is 9.59 Å². The molecule has 33 heavy (non-hydrogen) atoms. The predicted molar refractivity (Wildman–Crippen MR) is 134 cm³/mol. The van der Waals surface area contributed by atoms with Crippen molar-refractivity contribution in [2.45, 2.75) is 19.8 Å². The van der Waals surface area contributed by atoms with Crippen molar-refractivity contribution in [1.29, 1.82) is 0 Å². The Balaban J connectivity index is 1.68. The third-order valence-corrected chi connectivity index (χ3v) is 7.18. The second-order valence-corrected chi connectivity index (χ2v) is 9.16. The van der Waals surface area contributed by atoms with Crippen LogP contribution in [0.15, 0.2) is 41.8 Å². The van der Waals surface area contributed by atoms with Crippen molar-refractivity contribution < 1.29 is 19.1 Å². The highest BCUT2D eigenvalue weighted by Crippen LogP contribution is 2.38. The largest absolute Gasteiger partial charge is 0.497 e. The zero-order valence-electron chi connectivity index (χ0n) is 18.4. The molecule has 1 aromatic carbocycles. The lowest BCUT2D eigenvalue weighted by Crippen LogP contribution is -2.14. The fraction of sp³-hybridized carbons (Fsp3) is 0.208. The highest BCUT2D eigenvalue weighted by molar-refractivity contribution is 7.21. The average Bonchev–Trinajstić information content (AvgIpc) is 3.39. The van der Waals surface area contributed by atoms with Crippen molar-refractivity contribution in [2.75, 3.05) is 25.3 Å². The SMILES string of the molecule is CCCc1ccc2c(N)c(C(=O)Nc3scc(-c4ccc(OC)cc4)c3C(=O)OC)sc2n1. The van der Waals surface area contributed by atoms with E-state index in [1.165, 1.54) is 29.8 Å². The molecule has 9 heteroatoms. The highest BCUT2D eigenvalue weighted by Gasteiger charge is 2.25. The van der Waals surface area contributed by atoms with Crippen molar-refractivity contribution in [3.05, 3.63) is 57.9 Å². The summed E-state index contributed by atoms with van der Waals surface area (Å²) in [7, 11) is 2.90. The first-order valence-electron chi connectivity index (χ1n) is 10.3. The molecule has 0 atom stereocenters. The number of thiophene rings is 2. The van der Waals surface area contributed by atoms with Gasteiger partial charge in [-0.2, -0.15) is 0 Å². The zero-order valence-corrected chi connectivity index (χ0v) is 20.1. The topological polar surface area (TPSA) is 104 Å². The highest BCUT2D eigenvalue weighted by atomic mass is 32.1. The minimum atomic E-state index is -0.535. The first kappa shape index (κ1) is 22.8. The smallest absolute Gasteiger partial charge is 0.341 e. The number of anilines is 2. The maximum absolute atomic E-state index is 13.1. The number of nitrogen functional groups attached to an aromatic ring is 1. The van der Waals surface area contributed by atoms with E-state index in [0.29, 0.717) is 32.4 Å². The number of methoxy groups -OCH3 is 2. The maximum Gasteiger partial charge on any atom is 0.341 e. The van der Waals surface area contributed by atoms with E-state index in [1.54, 1.807) is 7.11 Å². The Morgan fingerprint density at radius 2 is 1.88 bits per heavy atom. The molecule has 3 heterocycles. The van der Waals surface area contributed by atoms with Gasteiger partial charge < -0.3 is 20.5 Å². The number of aromatic nitrogens is 1. The molecular weight excluding hydrogens is 458 g/mol. The number of nitrogens with zero attached hydrogens (tertiary/aromatic N) is 1. The summed E-state index contributed by atoms with van der Waals surface area (Å²) in [5.74, 6) is -0.216. The molecule has 0 spiro atoms. The standard InChI is InChI=1S/C24H23N3O4S2/c1-4-5-14-8-11-16-19(25)20(33-22(16)26-14)21(28)27-23-18(24(29)31-3)17(12-32-23)13-6-9-15(30-2)10-7-13/h6-12H,4-5,25H2,1-3H3,(H,27,28). The Kier molecular flexibility index (Phi) is 6.62. The minimum Gasteiger partial charge on any atom is -0.497 e. The second-order valence-electron chi connectivity index (χ2n) is 7.28. The number of fused-ring (bicyclic) bond motifs is 1. The van der Waals surface area contributed by atoms with Crippen molar-refractivity contribution in [3.8, 4) is 16.9 Å². The number of esters is 1. The third-order valence-electron chi connectivity index (χ3n) is 5.17. The molecule has 0 aliphatic carbocycles. The van der Waals surface area contributed by atoms with Gasteiger partial charge in [0.1, 0.15) is 26.0 Å². The molecule has 4 rings (SSSR count). The summed E-state index contributed by atoms with van der Waals surface area (Å²) in [6.45, 7) is 2.09. The molecule has 0 saturated carbocycles. The van der Waals surface area contributed by atoms with Gasteiger partial charge in [0.05, 0.1) is 19.9 Å². The number of pyridine rings is 1. The number of hydrogen-bond donors (Lipinski definition) is 2. The van der Waals surface area contributed by atoms with Gasteiger partial charge in [-0.1, -0.05) is 25.5 Å². The molecule has 170 valence electrons. The third kappa shape index (κ3) is 4.42. The summed E-state index contributed by atoms with van der Waals surface area (Å²) >= 11 is 2.50. The molecule has 0 aliphatic heterocycles. The molecule has 4 aromatic rings. The summed E-state index contributed by atoms with van der Waals surface area (Å²) in [5, 5.41) is 5.82. The van der Waals surface area contributed by atoms with Crippen LogP contribution in [0, 0.1) is 0 Å². The number of ether oxygens (including phenoxy) is 2. The molecule has 3 aromatic heterocycles. The number of hydrogen-bond acceptors (Lipinski definition) is 8. The first-order valence-corrected chi connectivity index (χ1v) is 12.0. The van der Waals surface area contributed by atoms with Gasteiger partial charge in [-0.3, -0.25) is 4.79 Å². The molecule has 7 nitrogen and oxygen atoms in total. The lowest BCUT2D eigenvalue weighted by atomic mass is 10.0. The zero-order chi connectivity index (χ0) is 23.5. The van der Waals surface area contributed by atoms with Gasteiger partial charge in [-0.05, 0) is 36.2 Å². The van der Waals surface area contributed by atoms with Crippen LogP contribution < -0.4 is 15.8 Å². The van der Waals surface area contributed by atoms with Gasteiger partial charge in [0, 0.05) is 22.0 Å². The van der Waals surface area contributed by atoms with Crippen molar-refractivity contribution in [2.24, 2.45) is 0 Å². The predicted octanol–water partition coefficient (Wildman–Crippen LogP) is 5.61. The Labute approximate surface area is 199 Å². The molecular formula is C24H23N3O4S2. The van der Waals surface area contributed by atoms with E-state index >= 15 is 0 Å². The minimum absolute atomic E-state index is 0.295. The quantitative estimate of drug-likeness (QED) is 0.333. The molecule has 0 aliphatic rings. The van der Waals surface area contributed by atoms with Gasteiger partial charge in [-0.25, -0.2) is 9.78 Å². The van der Waals surface area contributed by atoms with E-state index in [0.717, 1.165) is 34.3 Å². The number of aryl methyl sites for hydroxylation is 1. The Bertz CT molecular complexity index is 1330. The van der Waals surface area contributed by atoms with Gasteiger partial charge in [-0.15, -0.1) is 22.7 Å². The van der Waals surface area contributed by atoms with Crippen LogP contribution in [-0.2, 0) is 11.2 Å². The number of rotatable bonds is 7. The molecule has 0 bridgehead atoms. The molecule has 0 fully saturated rings. The molecule has 3 N–H and O–H groups in total. The number of amides is 1. The lowest BCUT2D eigenvalue weighted by molar-refractivity contribution is 0.0603. The normalized spacial score (nSPS) is 10.9. The second kappa shape index (κ2) is 9.60. The first-order chi connectivity index (χ1) is 16.0. The summed E-state index contributed by atoms with van der Waals surface area (Å²) in [6.07, 6.45) is 1.85. The van der Waals surface area contributed by atoms with E-state index in [2.05, 4.69) is 17.2 Å². The van der Waals surface area contributed by atoms with Crippen LogP contribution >= 0.6 is 22.7 Å². The van der Waals surface area contributed by atoms with E-state index < -0.39 is 5.97 Å². The van der Waals surface area contributed by atoms with Crippen LogP contribution in [0.1, 0.15) is 39.1 Å². The van der Waals surface area contributed by atoms with Gasteiger partial charge in [0.2, 0.25) is 0 Å². The van der Waals surface area contributed by atoms with Crippen LogP contribution in [0.2, 0.25) is 0 Å². The Morgan fingerprint density at radius 3 is 2.55 bits per heavy atom. The monoisotopic (exact) mass is 481 g/mol. The number of benzene rings is 1. The van der Waals surface area contributed by atoms with Crippen molar-refractivity contribution >= 4 is 55.5 Å². The number of carbonyl (C=O) groups is 2. The number of nitrogens with one attached hydrogen (secondary N) is 1. The fourth-order valence-corrected chi connectivity index (χ4v) is 5.46. The summed E-state index contributed by atoms with van der Waals surface area (Å²) in [4.78, 5) is 31.5. The molecule has 1 amide bonds. The van der Waals surface area contributed by atoms with Gasteiger partial charge in [0.25, 0.3) is 5.91 Å². The maximum atomic E-state index is 13.1. The van der Waals surface area contributed by atoms with Crippen molar-refractivity contribution in [1.82, 2.24) is 4.98 Å². The van der Waals surface area contributed by atoms with E-state index in [1.807, 2.05) is 41.8 Å². The van der Waals surface area contributed by atoms with Crippen LogP contribution in [0.5, 0.6) is 5.75 Å². The summed E-state index contributed by atoms with van der Waals surface area (Å²) in [5.41, 5.74) is 9.39. The summed E-state index contributed by atoms with van der Waals surface area (Å²) < 4.78 is 10.2. The molecule has 0 radical (unpaired) electrons. The lowest BCUT2D eigenvalue weighted by Gasteiger charge is -2.08. The summed E-state index contributed by atoms with van der Waals surface area (Å²) in [6, 6.07) is 11.2. The van der Waals surface area contributed by atoms with Gasteiger partial charge in [0.15, 0.2) is 0 Å². The van der Waals surface area contributed by atoms with Crippen LogP contribution in [0.4, 0.5) is 10.7 Å². The molecule has 0 saturated heterocycles. The number of nitrogens with two attached hydrogens (primary N) is 1. The molecule has 0 unspecified atom stereocenters. The fourth-order valence-electron chi connectivity index (χ4n) is 3.50. The van der Waals surface area contributed by atoms with E-state index in [-0.39, 0.29) is 5.91 Å². The average molecular weight is 482 g/mol. The Morgan fingerprint density at radius 1 is 1.12 bits per heavy atom.